The van der Waals surface area contributed by atoms with Crippen molar-refractivity contribution >= 4 is 51.4 Å². The van der Waals surface area contributed by atoms with Crippen LogP contribution in [0.3, 0.4) is 0 Å². The van der Waals surface area contributed by atoms with Gasteiger partial charge in [-0.3, -0.25) is 9.59 Å². The molecule has 0 spiro atoms. The number of ether oxygens (including phenoxy) is 2. The van der Waals surface area contributed by atoms with Crippen LogP contribution in [0.2, 0.25) is 5.02 Å². The van der Waals surface area contributed by atoms with Crippen LogP contribution in [0.1, 0.15) is 63.9 Å². The van der Waals surface area contributed by atoms with E-state index in [-0.39, 0.29) is 18.4 Å². The maximum absolute atomic E-state index is 13.1. The van der Waals surface area contributed by atoms with E-state index in [2.05, 4.69) is 17.6 Å². The Bertz CT molecular complexity index is 1350. The van der Waals surface area contributed by atoms with Gasteiger partial charge >= 0.3 is 5.97 Å². The van der Waals surface area contributed by atoms with Gasteiger partial charge in [0.05, 0.1) is 12.2 Å². The summed E-state index contributed by atoms with van der Waals surface area (Å²) in [6.07, 6.45) is 1.91. The Kier molecular flexibility index (Phi) is 8.74. The molecule has 1 aliphatic rings. The van der Waals surface area contributed by atoms with Crippen LogP contribution in [-0.2, 0) is 22.4 Å². The number of benzene rings is 2. The summed E-state index contributed by atoms with van der Waals surface area (Å²) in [5, 5.41) is 6.79. The SMILES string of the molecule is CCOC(=O)c1c(NC(=O)c2ccc(O[C@H](C)C(=O)Nc3cc(Cl)ccc3C)cc2)sc2c1CC[C@@H](C)C2. The van der Waals surface area contributed by atoms with E-state index in [1.165, 1.54) is 11.3 Å². The Balaban J connectivity index is 1.43. The Labute approximate surface area is 231 Å². The predicted octanol–water partition coefficient (Wildman–Crippen LogP) is 6.67. The number of esters is 1. The molecule has 0 radical (unpaired) electrons. The first-order chi connectivity index (χ1) is 18.2. The van der Waals surface area contributed by atoms with Gasteiger partial charge in [-0.15, -0.1) is 11.3 Å². The molecular weight excluding hydrogens is 524 g/mol. The third-order valence-electron chi connectivity index (χ3n) is 6.47. The third-order valence-corrected chi connectivity index (χ3v) is 7.88. The highest BCUT2D eigenvalue weighted by molar-refractivity contribution is 7.17. The van der Waals surface area contributed by atoms with Gasteiger partial charge in [0.1, 0.15) is 10.8 Å². The summed E-state index contributed by atoms with van der Waals surface area (Å²) in [6.45, 7) is 7.75. The Hall–Kier alpha value is -3.36. The highest BCUT2D eigenvalue weighted by Gasteiger charge is 2.29. The molecule has 4 rings (SSSR count). The van der Waals surface area contributed by atoms with E-state index in [1.807, 2.05) is 13.0 Å². The van der Waals surface area contributed by atoms with Crippen LogP contribution in [-0.4, -0.2) is 30.5 Å². The minimum Gasteiger partial charge on any atom is -0.481 e. The van der Waals surface area contributed by atoms with Crippen LogP contribution in [0, 0.1) is 12.8 Å². The number of rotatable bonds is 8. The average Bonchev–Trinajstić information content (AvgIpc) is 3.23. The minimum absolute atomic E-state index is 0.268. The second kappa shape index (κ2) is 12.0. The molecule has 3 aromatic rings. The first kappa shape index (κ1) is 27.7. The van der Waals surface area contributed by atoms with Crippen LogP contribution >= 0.6 is 22.9 Å². The summed E-state index contributed by atoms with van der Waals surface area (Å²) in [4.78, 5) is 39.5. The maximum atomic E-state index is 13.1. The quantitative estimate of drug-likeness (QED) is 0.303. The van der Waals surface area contributed by atoms with E-state index in [1.54, 1.807) is 50.2 Å². The summed E-state index contributed by atoms with van der Waals surface area (Å²) < 4.78 is 11.1. The lowest BCUT2D eigenvalue weighted by Crippen LogP contribution is -2.30. The molecule has 2 amide bonds. The minimum atomic E-state index is -0.778. The number of carbonyl (C=O) groups excluding carboxylic acids is 3. The van der Waals surface area contributed by atoms with Crippen molar-refractivity contribution in [1.29, 1.82) is 0 Å². The van der Waals surface area contributed by atoms with E-state index < -0.39 is 12.1 Å². The Morgan fingerprint density at radius 3 is 2.58 bits per heavy atom. The molecule has 9 heteroatoms. The molecule has 0 unspecified atom stereocenters. The number of aryl methyl sites for hydroxylation is 1. The van der Waals surface area contributed by atoms with Crippen molar-refractivity contribution in [3.8, 4) is 5.75 Å². The van der Waals surface area contributed by atoms with Gasteiger partial charge in [-0.2, -0.15) is 0 Å². The smallest absolute Gasteiger partial charge is 0.341 e. The number of hydrogen-bond donors (Lipinski definition) is 2. The third kappa shape index (κ3) is 6.37. The molecule has 1 aromatic heterocycles. The van der Waals surface area contributed by atoms with Crippen LogP contribution in [0.25, 0.3) is 0 Å². The van der Waals surface area contributed by atoms with Crippen LogP contribution < -0.4 is 15.4 Å². The Morgan fingerprint density at radius 2 is 1.87 bits per heavy atom. The fourth-order valence-electron chi connectivity index (χ4n) is 4.34. The van der Waals surface area contributed by atoms with Gasteiger partial charge in [0.15, 0.2) is 6.10 Å². The second-order valence-electron chi connectivity index (χ2n) is 9.46. The van der Waals surface area contributed by atoms with Crippen LogP contribution in [0.4, 0.5) is 10.7 Å². The summed E-state index contributed by atoms with van der Waals surface area (Å²) in [5.41, 5.74) is 3.38. The lowest BCUT2D eigenvalue weighted by atomic mass is 9.88. The summed E-state index contributed by atoms with van der Waals surface area (Å²) in [6, 6.07) is 11.8. The van der Waals surface area contributed by atoms with Crippen LogP contribution in [0.15, 0.2) is 42.5 Å². The lowest BCUT2D eigenvalue weighted by Gasteiger charge is -2.18. The van der Waals surface area contributed by atoms with Gasteiger partial charge in [-0.25, -0.2) is 4.79 Å². The van der Waals surface area contributed by atoms with E-state index in [0.717, 1.165) is 35.3 Å². The number of carbonyl (C=O) groups is 3. The van der Waals surface area contributed by atoms with Gasteiger partial charge in [0.2, 0.25) is 0 Å². The van der Waals surface area contributed by atoms with Crippen molar-refractivity contribution in [2.24, 2.45) is 5.92 Å². The molecule has 1 heterocycles. The predicted molar refractivity (Wildman–Crippen MR) is 151 cm³/mol. The Morgan fingerprint density at radius 1 is 1.13 bits per heavy atom. The maximum Gasteiger partial charge on any atom is 0.341 e. The molecule has 0 aliphatic heterocycles. The molecule has 0 fully saturated rings. The van der Waals surface area contributed by atoms with Gasteiger partial charge in [-0.05, 0) is 93.5 Å². The average molecular weight is 555 g/mol. The molecule has 7 nitrogen and oxygen atoms in total. The lowest BCUT2D eigenvalue weighted by molar-refractivity contribution is -0.122. The largest absolute Gasteiger partial charge is 0.481 e. The fourth-order valence-corrected chi connectivity index (χ4v) is 5.91. The van der Waals surface area contributed by atoms with E-state index in [4.69, 9.17) is 21.1 Å². The molecule has 0 saturated carbocycles. The molecular formula is C29H31ClN2O5S. The van der Waals surface area contributed by atoms with Crippen molar-refractivity contribution in [1.82, 2.24) is 0 Å². The summed E-state index contributed by atoms with van der Waals surface area (Å²) in [5.74, 6) is -0.0828. The first-order valence-corrected chi connectivity index (χ1v) is 13.8. The second-order valence-corrected chi connectivity index (χ2v) is 11.0. The number of nitrogens with one attached hydrogen (secondary N) is 2. The number of halogens is 1. The van der Waals surface area contributed by atoms with Gasteiger partial charge in [0, 0.05) is 21.2 Å². The monoisotopic (exact) mass is 554 g/mol. The molecule has 0 bridgehead atoms. The standard InChI is InChI=1S/C29H31ClN2O5S/c1-5-36-29(35)25-22-13-6-16(2)14-24(22)38-28(25)32-27(34)19-8-11-21(12-9-19)37-18(4)26(33)31-23-15-20(30)10-7-17(23)3/h7-12,15-16,18H,5-6,13-14H2,1-4H3,(H,31,33)(H,32,34)/t16-,18-/m1/s1. The first-order valence-electron chi connectivity index (χ1n) is 12.6. The van der Waals surface area contributed by atoms with E-state index in [0.29, 0.717) is 38.5 Å². The number of hydrogen-bond acceptors (Lipinski definition) is 6. The molecule has 2 aromatic carbocycles. The number of fused-ring (bicyclic) bond motifs is 1. The molecule has 2 atom stereocenters. The zero-order valence-corrected chi connectivity index (χ0v) is 23.4. The topological polar surface area (TPSA) is 93.7 Å². The zero-order chi connectivity index (χ0) is 27.4. The molecule has 0 saturated heterocycles. The normalized spacial score (nSPS) is 15.2. The highest BCUT2D eigenvalue weighted by atomic mass is 35.5. The van der Waals surface area contributed by atoms with Crippen molar-refractivity contribution in [2.75, 3.05) is 17.2 Å². The highest BCUT2D eigenvalue weighted by Crippen LogP contribution is 2.40. The van der Waals surface area contributed by atoms with Gasteiger partial charge in [0.25, 0.3) is 11.8 Å². The molecule has 2 N–H and O–H groups in total. The summed E-state index contributed by atoms with van der Waals surface area (Å²) >= 11 is 7.48. The zero-order valence-electron chi connectivity index (χ0n) is 21.9. The van der Waals surface area contributed by atoms with Crippen molar-refractivity contribution in [3.05, 3.63) is 74.6 Å². The van der Waals surface area contributed by atoms with E-state index >= 15 is 0 Å². The van der Waals surface area contributed by atoms with Crippen molar-refractivity contribution in [3.63, 3.8) is 0 Å². The molecule has 1 aliphatic carbocycles. The number of anilines is 2. The van der Waals surface area contributed by atoms with Gasteiger partial charge < -0.3 is 20.1 Å². The van der Waals surface area contributed by atoms with E-state index in [9.17, 15) is 14.4 Å². The number of amides is 2. The fraction of sp³-hybridized carbons (Fsp3) is 0.345. The number of thiophene rings is 1. The summed E-state index contributed by atoms with van der Waals surface area (Å²) in [7, 11) is 0. The van der Waals surface area contributed by atoms with Crippen molar-refractivity contribution in [2.45, 2.75) is 53.1 Å². The van der Waals surface area contributed by atoms with Crippen molar-refractivity contribution < 1.29 is 23.9 Å². The van der Waals surface area contributed by atoms with Crippen LogP contribution in [0.5, 0.6) is 5.75 Å². The van der Waals surface area contributed by atoms with Gasteiger partial charge in [-0.1, -0.05) is 24.6 Å². The molecule has 38 heavy (non-hydrogen) atoms. The molecule has 200 valence electrons.